The number of rotatable bonds is 4. The molecule has 0 amide bonds. The van der Waals surface area contributed by atoms with Gasteiger partial charge in [0.25, 0.3) is 0 Å². The molecule has 1 aromatic rings. The van der Waals surface area contributed by atoms with Crippen molar-refractivity contribution in [1.29, 1.82) is 0 Å². The second kappa shape index (κ2) is 4.72. The van der Waals surface area contributed by atoms with Gasteiger partial charge in [0.05, 0.1) is 24.7 Å². The van der Waals surface area contributed by atoms with Crippen LogP contribution in [0.15, 0.2) is 18.2 Å². The molecule has 1 aromatic carbocycles. The van der Waals surface area contributed by atoms with Crippen LogP contribution in [0.5, 0.6) is 5.75 Å². The molecule has 0 bridgehead atoms. The van der Waals surface area contributed by atoms with Crippen LogP contribution in [0.2, 0.25) is 0 Å². The molecule has 15 heavy (non-hydrogen) atoms. The van der Waals surface area contributed by atoms with E-state index in [-0.39, 0.29) is 18.0 Å². The second-order valence-corrected chi connectivity index (χ2v) is 2.98. The van der Waals surface area contributed by atoms with Gasteiger partial charge in [-0.15, -0.1) is 0 Å². The lowest BCUT2D eigenvalue weighted by atomic mass is 10.1. The fourth-order valence-electron chi connectivity index (χ4n) is 1.19. The van der Waals surface area contributed by atoms with Crippen LogP contribution in [-0.4, -0.2) is 23.7 Å². The summed E-state index contributed by atoms with van der Waals surface area (Å²) in [6.07, 6.45) is 0. The third-order valence-electron chi connectivity index (χ3n) is 2.02. The highest BCUT2D eigenvalue weighted by molar-refractivity contribution is 5.49. The second-order valence-electron chi connectivity index (χ2n) is 2.98. The van der Waals surface area contributed by atoms with E-state index in [1.807, 2.05) is 0 Å². The van der Waals surface area contributed by atoms with Crippen LogP contribution in [0.25, 0.3) is 0 Å². The molecule has 0 heterocycles. The largest absolute Gasteiger partial charge is 0.490 e. The van der Waals surface area contributed by atoms with Crippen LogP contribution in [0, 0.1) is 10.1 Å². The van der Waals surface area contributed by atoms with Gasteiger partial charge in [0, 0.05) is 6.07 Å². The molecule has 0 aliphatic rings. The zero-order valence-electron chi connectivity index (χ0n) is 8.21. The van der Waals surface area contributed by atoms with E-state index < -0.39 is 11.0 Å². The first-order chi connectivity index (χ1) is 7.10. The van der Waals surface area contributed by atoms with Crippen LogP contribution in [-0.2, 0) is 0 Å². The summed E-state index contributed by atoms with van der Waals surface area (Å²) in [7, 11) is 1.36. The van der Waals surface area contributed by atoms with Gasteiger partial charge in [0.2, 0.25) is 0 Å². The summed E-state index contributed by atoms with van der Waals surface area (Å²) in [5.41, 5.74) is 5.89. The predicted molar refractivity (Wildman–Crippen MR) is 53.7 cm³/mol. The number of hydrogen-bond donors (Lipinski definition) is 2. The molecule has 0 aliphatic carbocycles. The van der Waals surface area contributed by atoms with Gasteiger partial charge in [-0.1, -0.05) is 6.07 Å². The summed E-state index contributed by atoms with van der Waals surface area (Å²) in [5, 5.41) is 19.5. The molecule has 0 aliphatic heterocycles. The number of aliphatic hydroxyl groups is 1. The molecular formula is C9H12N2O4. The Morgan fingerprint density at radius 2 is 2.33 bits per heavy atom. The van der Waals surface area contributed by atoms with Crippen molar-refractivity contribution in [1.82, 2.24) is 0 Å². The first-order valence-corrected chi connectivity index (χ1v) is 4.29. The Morgan fingerprint density at radius 1 is 1.67 bits per heavy atom. The van der Waals surface area contributed by atoms with Crippen molar-refractivity contribution >= 4 is 5.69 Å². The summed E-state index contributed by atoms with van der Waals surface area (Å²) in [4.78, 5) is 10.1. The van der Waals surface area contributed by atoms with Gasteiger partial charge in [-0.3, -0.25) is 10.1 Å². The molecule has 0 radical (unpaired) electrons. The lowest BCUT2D eigenvalue weighted by Gasteiger charge is -2.09. The van der Waals surface area contributed by atoms with Crippen molar-refractivity contribution < 1.29 is 14.8 Å². The third kappa shape index (κ3) is 2.42. The standard InChI is InChI=1S/C9H12N2O4/c1-15-9-3-2-6(7(10)5-12)4-8(9)11(13)14/h2-4,7,12H,5,10H2,1H3. The fraction of sp³-hybridized carbons (Fsp3) is 0.333. The summed E-state index contributed by atoms with van der Waals surface area (Å²) in [6.45, 7) is -0.260. The highest BCUT2D eigenvalue weighted by Gasteiger charge is 2.17. The van der Waals surface area contributed by atoms with Gasteiger partial charge >= 0.3 is 5.69 Å². The maximum Gasteiger partial charge on any atom is 0.311 e. The average Bonchev–Trinajstić information content (AvgIpc) is 2.27. The quantitative estimate of drug-likeness (QED) is 0.562. The Hall–Kier alpha value is -1.66. The van der Waals surface area contributed by atoms with Gasteiger partial charge in [-0.2, -0.15) is 0 Å². The number of methoxy groups -OCH3 is 1. The van der Waals surface area contributed by atoms with Crippen LogP contribution in [0.4, 0.5) is 5.69 Å². The Balaban J connectivity index is 3.16. The maximum atomic E-state index is 10.7. The summed E-state index contributed by atoms with van der Waals surface area (Å²) in [6, 6.07) is 3.74. The molecule has 0 aromatic heterocycles. The molecule has 0 saturated heterocycles. The molecule has 6 heteroatoms. The minimum Gasteiger partial charge on any atom is -0.490 e. The topological polar surface area (TPSA) is 98.6 Å². The molecule has 3 N–H and O–H groups in total. The lowest BCUT2D eigenvalue weighted by molar-refractivity contribution is -0.385. The Kier molecular flexibility index (Phi) is 3.59. The van der Waals surface area contributed by atoms with E-state index in [2.05, 4.69) is 0 Å². The molecule has 0 fully saturated rings. The molecule has 1 unspecified atom stereocenters. The van der Waals surface area contributed by atoms with Crippen molar-refractivity contribution in [3.63, 3.8) is 0 Å². The smallest absolute Gasteiger partial charge is 0.311 e. The van der Waals surface area contributed by atoms with E-state index >= 15 is 0 Å². The van der Waals surface area contributed by atoms with E-state index in [0.717, 1.165) is 0 Å². The van der Waals surface area contributed by atoms with Crippen LogP contribution in [0.1, 0.15) is 11.6 Å². The predicted octanol–water partition coefficient (Wildman–Crippen LogP) is 0.595. The Bertz CT molecular complexity index is 367. The number of nitrogens with zero attached hydrogens (tertiary/aromatic N) is 1. The van der Waals surface area contributed by atoms with Gasteiger partial charge < -0.3 is 15.6 Å². The monoisotopic (exact) mass is 212 g/mol. The molecule has 0 spiro atoms. The van der Waals surface area contributed by atoms with Gasteiger partial charge in [-0.25, -0.2) is 0 Å². The van der Waals surface area contributed by atoms with Gasteiger partial charge in [-0.05, 0) is 11.6 Å². The zero-order chi connectivity index (χ0) is 11.4. The van der Waals surface area contributed by atoms with Crippen LogP contribution >= 0.6 is 0 Å². The van der Waals surface area contributed by atoms with Crippen molar-refractivity contribution in [3.05, 3.63) is 33.9 Å². The molecular weight excluding hydrogens is 200 g/mol. The maximum absolute atomic E-state index is 10.7. The van der Waals surface area contributed by atoms with Gasteiger partial charge in [0.15, 0.2) is 5.75 Å². The lowest BCUT2D eigenvalue weighted by Crippen LogP contribution is -2.14. The van der Waals surface area contributed by atoms with Crippen molar-refractivity contribution in [2.75, 3.05) is 13.7 Å². The van der Waals surface area contributed by atoms with Crippen molar-refractivity contribution in [2.45, 2.75) is 6.04 Å². The van der Waals surface area contributed by atoms with Crippen molar-refractivity contribution in [3.8, 4) is 5.75 Å². The number of aliphatic hydroxyl groups excluding tert-OH is 1. The third-order valence-corrected chi connectivity index (χ3v) is 2.02. The van der Waals surface area contributed by atoms with Crippen LogP contribution in [0.3, 0.4) is 0 Å². The fourth-order valence-corrected chi connectivity index (χ4v) is 1.19. The van der Waals surface area contributed by atoms with E-state index in [0.29, 0.717) is 5.56 Å². The molecule has 1 atom stereocenters. The molecule has 6 nitrogen and oxygen atoms in total. The number of hydrogen-bond acceptors (Lipinski definition) is 5. The number of nitrogens with two attached hydrogens (primary N) is 1. The number of nitro groups is 1. The van der Waals surface area contributed by atoms with Crippen molar-refractivity contribution in [2.24, 2.45) is 5.73 Å². The Morgan fingerprint density at radius 3 is 2.80 bits per heavy atom. The van der Waals surface area contributed by atoms with E-state index in [4.69, 9.17) is 15.6 Å². The highest BCUT2D eigenvalue weighted by Crippen LogP contribution is 2.29. The number of ether oxygens (including phenoxy) is 1. The summed E-state index contributed by atoms with van der Waals surface area (Å²) in [5.74, 6) is 0.175. The number of benzene rings is 1. The van der Waals surface area contributed by atoms with E-state index in [1.54, 1.807) is 6.07 Å². The first-order valence-electron chi connectivity index (χ1n) is 4.29. The molecule has 82 valence electrons. The molecule has 0 saturated carbocycles. The zero-order valence-corrected chi connectivity index (χ0v) is 8.21. The SMILES string of the molecule is COc1ccc(C(N)CO)cc1[N+](=O)[O-]. The van der Waals surface area contributed by atoms with Gasteiger partial charge in [0.1, 0.15) is 0 Å². The summed E-state index contributed by atoms with van der Waals surface area (Å²) < 4.78 is 4.83. The molecule has 1 rings (SSSR count). The average molecular weight is 212 g/mol. The number of nitro benzene ring substituents is 1. The normalized spacial score (nSPS) is 12.2. The first kappa shape index (κ1) is 11.4. The minimum absolute atomic E-state index is 0.154. The summed E-state index contributed by atoms with van der Waals surface area (Å²) >= 11 is 0. The minimum atomic E-state index is -0.616. The van der Waals surface area contributed by atoms with E-state index in [1.165, 1.54) is 19.2 Å². The van der Waals surface area contributed by atoms with Crippen LogP contribution < -0.4 is 10.5 Å². The Labute approximate surface area is 86.4 Å². The highest BCUT2D eigenvalue weighted by atomic mass is 16.6. The van der Waals surface area contributed by atoms with E-state index in [9.17, 15) is 10.1 Å².